The Balaban J connectivity index is 2.19. The van der Waals surface area contributed by atoms with Gasteiger partial charge in [-0.2, -0.15) is 0 Å². The number of benzene rings is 1. The molecule has 6 heteroatoms. The van der Waals surface area contributed by atoms with Crippen LogP contribution in [0.5, 0.6) is 0 Å². The third-order valence-electron chi connectivity index (χ3n) is 3.56. The van der Waals surface area contributed by atoms with Crippen LogP contribution in [0.15, 0.2) is 10.5 Å². The number of hydrogen-bond donors (Lipinski definition) is 2. The summed E-state index contributed by atoms with van der Waals surface area (Å²) >= 11 is 3.49. The molecule has 0 unspecified atom stereocenters. The van der Waals surface area contributed by atoms with Crippen LogP contribution in [-0.4, -0.2) is 15.5 Å². The SMILES string of the molecule is CC(=O)N[C@H]1CCn2c1nc1c(N)c(Br)c(C)cc12. The molecule has 1 amide bonds. The molecule has 1 aromatic heterocycles. The van der Waals surface area contributed by atoms with Gasteiger partial charge < -0.3 is 15.6 Å². The molecule has 1 aromatic carbocycles. The van der Waals surface area contributed by atoms with Gasteiger partial charge in [0.2, 0.25) is 5.91 Å². The van der Waals surface area contributed by atoms with E-state index in [1.807, 2.05) is 6.92 Å². The fraction of sp³-hybridized carbons (Fsp3) is 0.385. The number of amides is 1. The smallest absolute Gasteiger partial charge is 0.217 e. The molecule has 0 saturated carbocycles. The summed E-state index contributed by atoms with van der Waals surface area (Å²) in [5.41, 5.74) is 9.73. The van der Waals surface area contributed by atoms with Crippen molar-refractivity contribution in [2.75, 3.05) is 5.73 Å². The van der Waals surface area contributed by atoms with Crippen molar-refractivity contribution in [3.05, 3.63) is 21.9 Å². The summed E-state index contributed by atoms with van der Waals surface area (Å²) in [5.74, 6) is 0.866. The van der Waals surface area contributed by atoms with Gasteiger partial charge in [-0.05, 0) is 40.9 Å². The van der Waals surface area contributed by atoms with Gasteiger partial charge in [0.25, 0.3) is 0 Å². The van der Waals surface area contributed by atoms with E-state index in [0.717, 1.165) is 39.9 Å². The number of anilines is 1. The lowest BCUT2D eigenvalue weighted by Crippen LogP contribution is -2.24. The molecule has 0 radical (unpaired) electrons. The predicted molar refractivity (Wildman–Crippen MR) is 77.8 cm³/mol. The molecule has 0 fully saturated rings. The van der Waals surface area contributed by atoms with Crippen LogP contribution in [0.1, 0.15) is 30.8 Å². The second-order valence-electron chi connectivity index (χ2n) is 4.95. The van der Waals surface area contributed by atoms with Crippen LogP contribution < -0.4 is 11.1 Å². The highest BCUT2D eigenvalue weighted by molar-refractivity contribution is 9.10. The van der Waals surface area contributed by atoms with E-state index in [0.29, 0.717) is 5.69 Å². The molecule has 0 saturated heterocycles. The average Bonchev–Trinajstić information content (AvgIpc) is 2.87. The molecule has 5 nitrogen and oxygen atoms in total. The highest BCUT2D eigenvalue weighted by atomic mass is 79.9. The zero-order chi connectivity index (χ0) is 13.7. The fourth-order valence-electron chi connectivity index (χ4n) is 2.68. The van der Waals surface area contributed by atoms with Crippen LogP contribution in [0.3, 0.4) is 0 Å². The number of rotatable bonds is 1. The normalized spacial score (nSPS) is 17.7. The van der Waals surface area contributed by atoms with Gasteiger partial charge in [-0.25, -0.2) is 4.98 Å². The lowest BCUT2D eigenvalue weighted by molar-refractivity contribution is -0.119. The molecule has 3 rings (SSSR count). The number of carbonyl (C=O) groups excluding carboxylic acids is 1. The molecular formula is C13H15BrN4O. The molecule has 2 heterocycles. The first kappa shape index (κ1) is 12.5. The molecule has 1 atom stereocenters. The van der Waals surface area contributed by atoms with Crippen molar-refractivity contribution in [2.24, 2.45) is 0 Å². The van der Waals surface area contributed by atoms with Gasteiger partial charge in [0.1, 0.15) is 11.3 Å². The molecule has 0 aliphatic carbocycles. The maximum Gasteiger partial charge on any atom is 0.217 e. The van der Waals surface area contributed by atoms with E-state index in [1.165, 1.54) is 6.92 Å². The first-order valence-electron chi connectivity index (χ1n) is 6.21. The van der Waals surface area contributed by atoms with Crippen molar-refractivity contribution >= 4 is 38.6 Å². The highest BCUT2D eigenvalue weighted by Crippen LogP contribution is 2.36. The Hall–Kier alpha value is -1.56. The molecule has 1 aliphatic rings. The summed E-state index contributed by atoms with van der Waals surface area (Å²) in [6, 6.07) is 2.07. The first-order chi connectivity index (χ1) is 8.99. The summed E-state index contributed by atoms with van der Waals surface area (Å²) < 4.78 is 3.04. The highest BCUT2D eigenvalue weighted by Gasteiger charge is 2.28. The summed E-state index contributed by atoms with van der Waals surface area (Å²) in [4.78, 5) is 15.8. The molecule has 1 aliphatic heterocycles. The minimum atomic E-state index is -0.0316. The van der Waals surface area contributed by atoms with E-state index in [1.54, 1.807) is 0 Å². The van der Waals surface area contributed by atoms with Crippen molar-refractivity contribution in [2.45, 2.75) is 32.9 Å². The number of nitrogens with one attached hydrogen (secondary N) is 1. The van der Waals surface area contributed by atoms with Crippen LogP contribution >= 0.6 is 15.9 Å². The number of hydrogen-bond acceptors (Lipinski definition) is 3. The molecule has 0 spiro atoms. The predicted octanol–water partition coefficient (Wildman–Crippen LogP) is 2.27. The standard InChI is InChI=1S/C13H15BrN4O/c1-6-5-9-12(11(15)10(6)14)17-13-8(16-7(2)19)3-4-18(9)13/h5,8H,3-4,15H2,1-2H3,(H,16,19)/t8-/m0/s1. The summed E-state index contributed by atoms with van der Waals surface area (Å²) in [6.45, 7) is 4.40. The Morgan fingerprint density at radius 2 is 2.37 bits per heavy atom. The van der Waals surface area contributed by atoms with Crippen molar-refractivity contribution in [1.82, 2.24) is 14.9 Å². The minimum absolute atomic E-state index is 0.0108. The van der Waals surface area contributed by atoms with Gasteiger partial charge in [0.05, 0.1) is 17.2 Å². The topological polar surface area (TPSA) is 72.9 Å². The number of carbonyl (C=O) groups is 1. The van der Waals surface area contributed by atoms with Crippen molar-refractivity contribution in [3.63, 3.8) is 0 Å². The van der Waals surface area contributed by atoms with Crippen molar-refractivity contribution < 1.29 is 4.79 Å². The molecule has 0 bridgehead atoms. The summed E-state index contributed by atoms with van der Waals surface area (Å²) in [7, 11) is 0. The van der Waals surface area contributed by atoms with Gasteiger partial charge in [-0.1, -0.05) is 0 Å². The van der Waals surface area contributed by atoms with Crippen molar-refractivity contribution in [3.8, 4) is 0 Å². The van der Waals surface area contributed by atoms with Crippen molar-refractivity contribution in [1.29, 1.82) is 0 Å². The fourth-order valence-corrected chi connectivity index (χ4v) is 2.99. The van der Waals surface area contributed by atoms with Gasteiger partial charge in [0.15, 0.2) is 0 Å². The van der Waals surface area contributed by atoms with E-state index in [2.05, 4.69) is 36.9 Å². The Kier molecular flexibility index (Phi) is 2.78. The molecule has 2 aromatic rings. The largest absolute Gasteiger partial charge is 0.396 e. The maximum atomic E-state index is 11.2. The van der Waals surface area contributed by atoms with Crippen LogP contribution in [-0.2, 0) is 11.3 Å². The van der Waals surface area contributed by atoms with E-state index in [9.17, 15) is 4.79 Å². The van der Waals surface area contributed by atoms with E-state index in [4.69, 9.17) is 5.73 Å². The van der Waals surface area contributed by atoms with Crippen LogP contribution in [0, 0.1) is 6.92 Å². The number of halogens is 1. The van der Waals surface area contributed by atoms with Crippen LogP contribution in [0.4, 0.5) is 5.69 Å². The van der Waals surface area contributed by atoms with Crippen LogP contribution in [0.2, 0.25) is 0 Å². The number of nitrogen functional groups attached to an aromatic ring is 1. The third kappa shape index (κ3) is 1.82. The Bertz CT molecular complexity index is 692. The number of aromatic nitrogens is 2. The molecular weight excluding hydrogens is 308 g/mol. The lowest BCUT2D eigenvalue weighted by atomic mass is 10.2. The first-order valence-corrected chi connectivity index (χ1v) is 7.00. The zero-order valence-corrected chi connectivity index (χ0v) is 12.4. The Morgan fingerprint density at radius 1 is 1.63 bits per heavy atom. The number of fused-ring (bicyclic) bond motifs is 3. The van der Waals surface area contributed by atoms with Crippen LogP contribution in [0.25, 0.3) is 11.0 Å². The molecule has 19 heavy (non-hydrogen) atoms. The third-order valence-corrected chi connectivity index (χ3v) is 4.61. The minimum Gasteiger partial charge on any atom is -0.396 e. The monoisotopic (exact) mass is 322 g/mol. The average molecular weight is 323 g/mol. The van der Waals surface area contributed by atoms with E-state index < -0.39 is 0 Å². The quantitative estimate of drug-likeness (QED) is 0.791. The number of nitrogens with zero attached hydrogens (tertiary/aromatic N) is 2. The number of nitrogens with two attached hydrogens (primary N) is 1. The maximum absolute atomic E-state index is 11.2. The number of imidazole rings is 1. The van der Waals surface area contributed by atoms with E-state index in [-0.39, 0.29) is 11.9 Å². The molecule has 3 N–H and O–H groups in total. The Morgan fingerprint density at radius 3 is 3.05 bits per heavy atom. The van der Waals surface area contributed by atoms with Gasteiger partial charge in [0, 0.05) is 17.9 Å². The van der Waals surface area contributed by atoms with Gasteiger partial charge >= 0.3 is 0 Å². The second-order valence-corrected chi connectivity index (χ2v) is 5.75. The summed E-state index contributed by atoms with van der Waals surface area (Å²) in [5, 5.41) is 2.93. The summed E-state index contributed by atoms with van der Waals surface area (Å²) in [6.07, 6.45) is 0.882. The lowest BCUT2D eigenvalue weighted by Gasteiger charge is -2.08. The van der Waals surface area contributed by atoms with Gasteiger partial charge in [-0.15, -0.1) is 0 Å². The number of aryl methyl sites for hydroxylation is 2. The zero-order valence-electron chi connectivity index (χ0n) is 10.8. The molecule has 100 valence electrons. The Labute approximate surface area is 119 Å². The van der Waals surface area contributed by atoms with Gasteiger partial charge in [-0.3, -0.25) is 4.79 Å². The second kappa shape index (κ2) is 4.23. The van der Waals surface area contributed by atoms with E-state index >= 15 is 0 Å².